The van der Waals surface area contributed by atoms with E-state index in [1.807, 2.05) is 0 Å². The number of fused-ring (bicyclic) bond motifs is 1. The number of benzene rings is 3. The number of halogens is 1. The summed E-state index contributed by atoms with van der Waals surface area (Å²) >= 11 is 0. The molecule has 0 aliphatic rings. The summed E-state index contributed by atoms with van der Waals surface area (Å²) in [5.41, 5.74) is 14.6. The topological polar surface area (TPSA) is 715 Å². The second-order valence-electron chi connectivity index (χ2n) is 27.4. The van der Waals surface area contributed by atoms with Gasteiger partial charge in [0.15, 0.2) is 5.82 Å². The number of nitrogens with two attached hydrogens (primary N) is 2. The van der Waals surface area contributed by atoms with Crippen LogP contribution in [0.1, 0.15) is 158 Å². The van der Waals surface area contributed by atoms with Crippen LogP contribution in [0.4, 0.5) is 26.4 Å². The number of anilines is 3. The summed E-state index contributed by atoms with van der Waals surface area (Å²) < 4.78 is 15.1. The van der Waals surface area contributed by atoms with Gasteiger partial charge >= 0.3 is 65.7 Å². The molecule has 4 aromatic rings. The van der Waals surface area contributed by atoms with Crippen molar-refractivity contribution in [3.8, 4) is 11.1 Å². The average Bonchev–Trinajstić information content (AvgIpc) is 1.62. The Kier molecular flexibility index (Phi) is 38.2. The fraction of sp³-hybridized carbons (Fsp3) is 0.459. The van der Waals surface area contributed by atoms with E-state index in [9.17, 15) is 151 Å². The fourth-order valence-electron chi connectivity index (χ4n) is 11.8. The Morgan fingerprint density at radius 3 is 1.10 bits per heavy atom. The third-order valence-electron chi connectivity index (χ3n) is 18.3. The minimum absolute atomic E-state index is 0.0300. The number of aromatic nitrogens is 2. The van der Waals surface area contributed by atoms with Gasteiger partial charge in [0.1, 0.15) is 59.2 Å². The van der Waals surface area contributed by atoms with Crippen LogP contribution in [0.25, 0.3) is 22.0 Å². The molecule has 0 unspecified atom stereocenters. The molecule has 0 aliphatic heterocycles. The average molecular weight is 1650 g/mol. The summed E-state index contributed by atoms with van der Waals surface area (Å²) in [4.78, 5) is 261. The minimum atomic E-state index is -1.82. The maximum absolute atomic E-state index is 14.2. The molecule has 42 nitrogen and oxygen atoms in total. The second kappa shape index (κ2) is 46.6. The molecule has 3 aromatic carbocycles. The number of Topliss-reactive ketones (excluding diaryl/α,β-unsaturated/α-hetero) is 4. The number of aryl methyl sites for hydroxylation is 1. The molecule has 634 valence electrons. The monoisotopic (exact) mass is 1650 g/mol. The number of aliphatic carboxylic acids is 10. The maximum atomic E-state index is 14.2. The van der Waals surface area contributed by atoms with E-state index in [4.69, 9.17) is 16.6 Å². The second-order valence-corrected chi connectivity index (χ2v) is 27.4. The van der Waals surface area contributed by atoms with E-state index < -0.39 is 338 Å². The highest BCUT2D eigenvalue weighted by molar-refractivity contribution is 6.07. The zero-order valence-corrected chi connectivity index (χ0v) is 62.8. The lowest BCUT2D eigenvalue weighted by atomic mass is 9.93. The van der Waals surface area contributed by atoms with E-state index in [0.717, 1.165) is 4.68 Å². The van der Waals surface area contributed by atoms with Crippen LogP contribution in [0.15, 0.2) is 60.7 Å². The fourth-order valence-corrected chi connectivity index (χ4v) is 11.8. The van der Waals surface area contributed by atoms with E-state index in [1.54, 1.807) is 49.4 Å². The number of rotatable bonds is 55. The highest BCUT2D eigenvalue weighted by atomic mass is 19.1. The predicted octanol–water partition coefficient (Wildman–Crippen LogP) is 2.33. The van der Waals surface area contributed by atoms with E-state index in [1.165, 1.54) is 18.2 Å². The van der Waals surface area contributed by atoms with Crippen LogP contribution in [-0.4, -0.2) is 221 Å². The van der Waals surface area contributed by atoms with E-state index in [-0.39, 0.29) is 17.0 Å². The van der Waals surface area contributed by atoms with Gasteiger partial charge in [0.25, 0.3) is 0 Å². The number of nitrogen functional groups attached to an aromatic ring is 1. The molecule has 0 bridgehead atoms. The number of ketones is 4. The first-order valence-corrected chi connectivity index (χ1v) is 36.3. The normalized spacial score (nSPS) is 13.6. The molecule has 0 aliphatic carbocycles. The Balaban J connectivity index is 1.19. The van der Waals surface area contributed by atoms with Crippen molar-refractivity contribution in [1.29, 1.82) is 0 Å². The SMILES string of the molecule is Cc1ccc(F)c(NC(=O)Nc2ccc(-c3cccc4c3c(N)nn4C(=O)C[C@H](N)C(=O)N[C@@H](CCC(=O)C[C@@H](CCC(=O)N[C@@H](CCC(=O)C[C@@H](CCC(=O)N[C@@H](CCC(=O)C[C@@H](CCC(=O)N[C@@H](CCC(=O)C[C@@H](CCC(=O)N[C@@H](CCC(=O)O)C(=O)O)C(=O)O)C(=O)O)C(=O)O)C(=O)O)C(=O)O)C(=O)O)C(=O)O)C(=O)O)cc2)c1. The first kappa shape index (κ1) is 95.9. The lowest BCUT2D eigenvalue weighted by Gasteiger charge is -2.18. The Bertz CT molecular complexity index is 4430. The number of amides is 7. The largest absolute Gasteiger partial charge is 0.481 e. The Hall–Kier alpha value is -13.5. The third kappa shape index (κ3) is 33.2. The van der Waals surface area contributed by atoms with Gasteiger partial charge in [-0.1, -0.05) is 30.3 Å². The zero-order chi connectivity index (χ0) is 87.7. The molecular formula is C74H90FN11O31. The number of hydrogen-bond donors (Lipinski definition) is 19. The lowest BCUT2D eigenvalue weighted by molar-refractivity contribution is -0.146. The van der Waals surface area contributed by atoms with Crippen molar-refractivity contribution >= 4 is 152 Å². The quantitative estimate of drug-likeness (QED) is 0.0302. The molecule has 7 amide bonds. The van der Waals surface area contributed by atoms with Crippen molar-refractivity contribution < 1.29 is 156 Å². The predicted molar refractivity (Wildman–Crippen MR) is 398 cm³/mol. The van der Waals surface area contributed by atoms with Crippen LogP contribution >= 0.6 is 0 Å². The summed E-state index contributed by atoms with van der Waals surface area (Å²) in [7, 11) is 0. The number of carboxylic acid groups (broad SMARTS) is 10. The molecular weight excluding hydrogens is 1560 g/mol. The molecule has 1 aromatic heterocycles. The summed E-state index contributed by atoms with van der Waals surface area (Å²) in [6, 6.07) is 4.14. The number of carboxylic acids is 10. The highest BCUT2D eigenvalue weighted by Crippen LogP contribution is 2.34. The van der Waals surface area contributed by atoms with Crippen molar-refractivity contribution in [2.75, 3.05) is 16.4 Å². The minimum Gasteiger partial charge on any atom is -0.481 e. The molecule has 21 N–H and O–H groups in total. The van der Waals surface area contributed by atoms with Gasteiger partial charge in [0.2, 0.25) is 35.4 Å². The van der Waals surface area contributed by atoms with Crippen LogP contribution in [0, 0.1) is 36.4 Å². The molecule has 0 fully saturated rings. The van der Waals surface area contributed by atoms with Gasteiger partial charge in [-0.05, 0) is 112 Å². The van der Waals surface area contributed by atoms with Gasteiger partial charge in [-0.3, -0.25) is 71.9 Å². The smallest absolute Gasteiger partial charge is 0.326 e. The van der Waals surface area contributed by atoms with Crippen molar-refractivity contribution in [3.05, 3.63) is 72.0 Å². The van der Waals surface area contributed by atoms with Gasteiger partial charge in [0, 0.05) is 89.2 Å². The standard InChI is InChI=1S/C74H90FN11O31/c1-35-5-18-47(75)54(29-35)84-74(117)78-41-12-6-36(7-13-41)46-3-2-4-55-62(46)63(77)85-86(55)60(95)34-48(76)64(98)83-53(73(115)116)22-17-45(90)33-40(68(105)106)10-26-58(93)81-51(71(111)112)20-15-43(88)31-38(66(101)102)8-24-56(91)79-49(69(107)108)19-14-42(87)30-37(65(99)100)9-25-57(92)80-50(70(109)110)21-16-44(89)32-39(67(103)104)11-27-59(94)82-52(72(113)114)23-28-61(96)97/h2-7,12-13,18,29,37-40,48-53H,8-11,14-17,19-28,30-34,76H2,1H3,(H2,77,85)(H,79,91)(H,80,92)(H,81,93)(H,82,94)(H,83,98)(H,96,97)(H,99,100)(H,101,102)(H,103,104)(H,105,106)(H,107,108)(H,109,110)(H,111,112)(H,113,114)(H,115,116)(H2,78,84,117)/t37-,38-,39-,40-,48+,49+,50+,51+,52+,53+/m1/s1. The lowest BCUT2D eigenvalue weighted by Crippen LogP contribution is -2.49. The highest BCUT2D eigenvalue weighted by Gasteiger charge is 2.34. The van der Waals surface area contributed by atoms with Crippen LogP contribution in [-0.2, 0) is 91.1 Å². The number of carbonyl (C=O) groups excluding carboxylic acids is 11. The summed E-state index contributed by atoms with van der Waals surface area (Å²) in [6.07, 6.45) is -15.0. The van der Waals surface area contributed by atoms with Crippen molar-refractivity contribution in [2.24, 2.45) is 29.4 Å². The van der Waals surface area contributed by atoms with Crippen LogP contribution in [0.2, 0.25) is 0 Å². The van der Waals surface area contributed by atoms with Crippen LogP contribution < -0.4 is 48.7 Å². The Labute approximate surface area is 662 Å². The van der Waals surface area contributed by atoms with Crippen molar-refractivity contribution in [3.63, 3.8) is 0 Å². The number of carbonyl (C=O) groups is 21. The summed E-state index contributed by atoms with van der Waals surface area (Å²) in [6.45, 7) is 1.73. The summed E-state index contributed by atoms with van der Waals surface area (Å²) in [5, 5.41) is 116. The molecule has 10 atom stereocenters. The van der Waals surface area contributed by atoms with Gasteiger partial charge in [-0.2, -0.15) is 4.68 Å². The molecule has 1 heterocycles. The Morgan fingerprint density at radius 2 is 0.761 bits per heavy atom. The zero-order valence-electron chi connectivity index (χ0n) is 62.8. The number of nitrogens with one attached hydrogen (secondary N) is 7. The van der Waals surface area contributed by atoms with E-state index in [0.29, 0.717) is 27.8 Å². The van der Waals surface area contributed by atoms with E-state index >= 15 is 0 Å². The molecule has 0 spiro atoms. The number of urea groups is 1. The van der Waals surface area contributed by atoms with E-state index in [2.05, 4.69) is 42.3 Å². The van der Waals surface area contributed by atoms with Gasteiger partial charge in [0.05, 0.1) is 52.7 Å². The first-order valence-electron chi connectivity index (χ1n) is 36.3. The van der Waals surface area contributed by atoms with Crippen LogP contribution in [0.5, 0.6) is 0 Å². The number of nitrogens with zero attached hydrogens (tertiary/aromatic N) is 2. The molecule has 4 rings (SSSR count). The molecule has 117 heavy (non-hydrogen) atoms. The van der Waals surface area contributed by atoms with Crippen molar-refractivity contribution in [1.82, 2.24) is 36.4 Å². The van der Waals surface area contributed by atoms with Crippen LogP contribution in [0.3, 0.4) is 0 Å². The molecule has 43 heteroatoms. The van der Waals surface area contributed by atoms with Gasteiger partial charge < -0.3 is 99.8 Å². The molecule has 0 saturated carbocycles. The maximum Gasteiger partial charge on any atom is 0.326 e. The number of hydrogen-bond acceptors (Lipinski definition) is 24. The molecule has 0 radical (unpaired) electrons. The van der Waals surface area contributed by atoms with Crippen molar-refractivity contribution in [2.45, 2.75) is 191 Å². The first-order chi connectivity index (χ1) is 54.9. The Morgan fingerprint density at radius 1 is 0.410 bits per heavy atom. The van der Waals surface area contributed by atoms with Gasteiger partial charge in [-0.15, -0.1) is 5.10 Å². The summed E-state index contributed by atoms with van der Waals surface area (Å²) in [5.74, 6) is -32.6. The third-order valence-corrected chi connectivity index (χ3v) is 18.3. The molecule has 0 saturated heterocycles. The van der Waals surface area contributed by atoms with Gasteiger partial charge in [-0.25, -0.2) is 33.2 Å².